The second kappa shape index (κ2) is 13.2. The summed E-state index contributed by atoms with van der Waals surface area (Å²) >= 11 is 12.8. The summed E-state index contributed by atoms with van der Waals surface area (Å²) in [7, 11) is -2.72. The molecule has 8 nitrogen and oxygen atoms in total. The van der Waals surface area contributed by atoms with Crippen molar-refractivity contribution < 1.29 is 22.7 Å². The highest BCUT2D eigenvalue weighted by Gasteiger charge is 2.33. The summed E-state index contributed by atoms with van der Waals surface area (Å²) < 4.78 is 33.9. The molecule has 0 aromatic heterocycles. The summed E-state index contributed by atoms with van der Waals surface area (Å²) in [5.41, 5.74) is 0.666. The van der Waals surface area contributed by atoms with Gasteiger partial charge in [0, 0.05) is 34.3 Å². The average Bonchev–Trinajstić information content (AvgIpc) is 2.91. The van der Waals surface area contributed by atoms with Crippen molar-refractivity contribution in [3.8, 4) is 5.75 Å². The third kappa shape index (κ3) is 7.44. The van der Waals surface area contributed by atoms with E-state index in [1.54, 1.807) is 75.4 Å². The lowest BCUT2D eigenvalue weighted by molar-refractivity contribution is -0.139. The summed E-state index contributed by atoms with van der Waals surface area (Å²) in [5, 5.41) is 3.44. The third-order valence-corrected chi connectivity index (χ3v) is 8.44. The molecular weight excluding hydrogens is 561 g/mol. The second-order valence-electron chi connectivity index (χ2n) is 9.09. The molecule has 0 heterocycles. The predicted octanol–water partition coefficient (Wildman–Crippen LogP) is 5.14. The van der Waals surface area contributed by atoms with Crippen molar-refractivity contribution in [2.24, 2.45) is 0 Å². The largest absolute Gasteiger partial charge is 0.497 e. The monoisotopic (exact) mass is 591 g/mol. The van der Waals surface area contributed by atoms with Crippen LogP contribution in [0, 0.1) is 0 Å². The van der Waals surface area contributed by atoms with Gasteiger partial charge in [0.05, 0.1) is 17.7 Å². The van der Waals surface area contributed by atoms with Crippen molar-refractivity contribution in [1.82, 2.24) is 10.2 Å². The summed E-state index contributed by atoms with van der Waals surface area (Å²) in [5.74, 6) is -0.613. The molecule has 0 aliphatic carbocycles. The van der Waals surface area contributed by atoms with E-state index < -0.39 is 34.4 Å². The molecular formula is C28H31Cl2N3O5S. The Morgan fingerprint density at radius 2 is 1.54 bits per heavy atom. The van der Waals surface area contributed by atoms with Crippen LogP contribution in [0.3, 0.4) is 0 Å². The quantitative estimate of drug-likeness (QED) is 0.333. The van der Waals surface area contributed by atoms with Gasteiger partial charge in [0.1, 0.15) is 18.3 Å². The maximum atomic E-state index is 13.9. The lowest BCUT2D eigenvalue weighted by Gasteiger charge is -2.32. The number of amides is 2. The van der Waals surface area contributed by atoms with E-state index >= 15 is 0 Å². The lowest BCUT2D eigenvalue weighted by Crippen LogP contribution is -2.52. The first-order chi connectivity index (χ1) is 18.4. The lowest BCUT2D eigenvalue weighted by atomic mass is 10.1. The molecule has 3 aromatic carbocycles. The molecule has 0 aliphatic rings. The molecule has 11 heteroatoms. The van der Waals surface area contributed by atoms with E-state index in [9.17, 15) is 18.0 Å². The number of carbonyl (C=O) groups is 2. The smallest absolute Gasteiger partial charge is 0.264 e. The van der Waals surface area contributed by atoms with Crippen LogP contribution in [0.4, 0.5) is 5.69 Å². The topological polar surface area (TPSA) is 96.0 Å². The Hall–Kier alpha value is -3.27. The van der Waals surface area contributed by atoms with Crippen LogP contribution >= 0.6 is 23.2 Å². The Labute approximate surface area is 239 Å². The molecule has 1 atom stereocenters. The van der Waals surface area contributed by atoms with Gasteiger partial charge in [-0.25, -0.2) is 8.42 Å². The fourth-order valence-electron chi connectivity index (χ4n) is 3.86. The van der Waals surface area contributed by atoms with Crippen LogP contribution < -0.4 is 14.4 Å². The number of nitrogens with one attached hydrogen (secondary N) is 1. The van der Waals surface area contributed by atoms with Crippen LogP contribution in [0.15, 0.2) is 77.7 Å². The first-order valence-corrected chi connectivity index (χ1v) is 14.4. The number of anilines is 1. The van der Waals surface area contributed by atoms with E-state index in [0.717, 1.165) is 4.31 Å². The number of hydrogen-bond donors (Lipinski definition) is 1. The maximum Gasteiger partial charge on any atom is 0.264 e. The summed E-state index contributed by atoms with van der Waals surface area (Å²) in [6.45, 7) is 4.48. The van der Waals surface area contributed by atoms with Crippen molar-refractivity contribution >= 4 is 50.7 Å². The average molecular weight is 593 g/mol. The van der Waals surface area contributed by atoms with E-state index in [1.165, 1.54) is 30.2 Å². The minimum absolute atomic E-state index is 0.00641. The number of rotatable bonds is 11. The van der Waals surface area contributed by atoms with E-state index in [-0.39, 0.29) is 23.2 Å². The van der Waals surface area contributed by atoms with Crippen LogP contribution in [0.5, 0.6) is 5.75 Å². The van der Waals surface area contributed by atoms with Gasteiger partial charge in [-0.15, -0.1) is 0 Å². The normalized spacial score (nSPS) is 12.1. The van der Waals surface area contributed by atoms with Gasteiger partial charge in [-0.2, -0.15) is 0 Å². The Balaban J connectivity index is 2.08. The van der Waals surface area contributed by atoms with Crippen molar-refractivity contribution in [1.29, 1.82) is 0 Å². The van der Waals surface area contributed by atoms with Gasteiger partial charge in [-0.05, 0) is 57.2 Å². The molecule has 208 valence electrons. The Morgan fingerprint density at radius 3 is 2.13 bits per heavy atom. The zero-order valence-corrected chi connectivity index (χ0v) is 24.4. The fraction of sp³-hybridized carbons (Fsp3) is 0.286. The molecule has 39 heavy (non-hydrogen) atoms. The highest BCUT2D eigenvalue weighted by molar-refractivity contribution is 7.92. The second-order valence-corrected chi connectivity index (χ2v) is 11.8. The van der Waals surface area contributed by atoms with E-state index in [4.69, 9.17) is 27.9 Å². The fourth-order valence-corrected chi connectivity index (χ4v) is 5.80. The summed E-state index contributed by atoms with van der Waals surface area (Å²) in [4.78, 5) is 28.2. The zero-order chi connectivity index (χ0) is 28.7. The Morgan fingerprint density at radius 1 is 0.923 bits per heavy atom. The number of carbonyl (C=O) groups excluding carboxylic acids is 2. The minimum atomic E-state index is -4.18. The van der Waals surface area contributed by atoms with Crippen molar-refractivity contribution in [2.45, 2.75) is 44.3 Å². The van der Waals surface area contributed by atoms with Gasteiger partial charge in [0.25, 0.3) is 10.0 Å². The maximum absolute atomic E-state index is 13.9. The van der Waals surface area contributed by atoms with Crippen molar-refractivity contribution in [2.75, 3.05) is 18.0 Å². The van der Waals surface area contributed by atoms with Crippen LogP contribution in [0.1, 0.15) is 26.3 Å². The van der Waals surface area contributed by atoms with E-state index in [2.05, 4.69) is 5.32 Å². The zero-order valence-electron chi connectivity index (χ0n) is 22.1. The van der Waals surface area contributed by atoms with Gasteiger partial charge in [-0.1, -0.05) is 53.5 Å². The number of hydrogen-bond acceptors (Lipinski definition) is 5. The van der Waals surface area contributed by atoms with Crippen LogP contribution in [-0.2, 0) is 26.2 Å². The molecule has 0 radical (unpaired) electrons. The minimum Gasteiger partial charge on any atom is -0.497 e. The highest BCUT2D eigenvalue weighted by Crippen LogP contribution is 2.29. The summed E-state index contributed by atoms with van der Waals surface area (Å²) in [6.07, 6.45) is 0. The molecule has 0 saturated heterocycles. The van der Waals surface area contributed by atoms with Gasteiger partial charge >= 0.3 is 0 Å². The highest BCUT2D eigenvalue weighted by atomic mass is 35.5. The Bertz CT molecular complexity index is 1400. The molecule has 3 aromatic rings. The van der Waals surface area contributed by atoms with Crippen molar-refractivity contribution in [3.63, 3.8) is 0 Å². The standard InChI is InChI=1S/C28H31Cl2N3O5S/c1-19(2)31-28(35)20(3)32(17-24-25(29)14-9-15-26(24)30)27(34)18-33(21-10-8-11-22(16-21)38-4)39(36,37)23-12-6-5-7-13-23/h5-16,19-20H,17-18H2,1-4H3,(H,31,35)/t20-/m0/s1. The summed E-state index contributed by atoms with van der Waals surface area (Å²) in [6, 6.07) is 18.0. The van der Waals surface area contributed by atoms with Crippen LogP contribution in [0.25, 0.3) is 0 Å². The number of sulfonamides is 1. The SMILES string of the molecule is COc1cccc(N(CC(=O)N(Cc2c(Cl)cccc2Cl)[C@@H](C)C(=O)NC(C)C)S(=O)(=O)c2ccccc2)c1. The van der Waals surface area contributed by atoms with Gasteiger partial charge in [0.15, 0.2) is 0 Å². The van der Waals surface area contributed by atoms with Gasteiger partial charge in [-0.3, -0.25) is 13.9 Å². The number of methoxy groups -OCH3 is 1. The number of benzene rings is 3. The molecule has 0 fully saturated rings. The number of ether oxygens (including phenoxy) is 1. The van der Waals surface area contributed by atoms with Gasteiger partial charge in [0.2, 0.25) is 11.8 Å². The molecule has 0 unspecified atom stereocenters. The molecule has 0 bridgehead atoms. The Kier molecular flexibility index (Phi) is 10.2. The molecule has 0 saturated carbocycles. The third-order valence-electron chi connectivity index (χ3n) is 5.94. The molecule has 2 amide bonds. The first kappa shape index (κ1) is 30.3. The first-order valence-electron chi connectivity index (χ1n) is 12.2. The van der Waals surface area contributed by atoms with Crippen LogP contribution in [0.2, 0.25) is 10.0 Å². The molecule has 1 N–H and O–H groups in total. The number of nitrogens with zero attached hydrogens (tertiary/aromatic N) is 2. The van der Waals surface area contributed by atoms with Crippen molar-refractivity contribution in [3.05, 3.63) is 88.4 Å². The van der Waals surface area contributed by atoms with E-state index in [0.29, 0.717) is 21.4 Å². The number of halogens is 2. The molecule has 3 rings (SSSR count). The molecule has 0 aliphatic heterocycles. The van der Waals surface area contributed by atoms with Gasteiger partial charge < -0.3 is 15.0 Å². The van der Waals surface area contributed by atoms with Crippen LogP contribution in [-0.4, -0.2) is 50.9 Å². The molecule has 0 spiro atoms. The van der Waals surface area contributed by atoms with E-state index in [1.807, 2.05) is 0 Å². The predicted molar refractivity (Wildman–Crippen MR) is 154 cm³/mol.